The summed E-state index contributed by atoms with van der Waals surface area (Å²) < 4.78 is 51.9. The predicted octanol–water partition coefficient (Wildman–Crippen LogP) is 4.68. The van der Waals surface area contributed by atoms with Crippen LogP contribution in [-0.2, 0) is 22.4 Å². The number of pyridine rings is 1. The van der Waals surface area contributed by atoms with Crippen LogP contribution in [0.5, 0.6) is 0 Å². The van der Waals surface area contributed by atoms with Crippen LogP contribution in [0, 0.1) is 0 Å². The van der Waals surface area contributed by atoms with Crippen molar-refractivity contribution in [2.45, 2.75) is 42.1 Å². The van der Waals surface area contributed by atoms with Gasteiger partial charge in [-0.25, -0.2) is 9.67 Å². The molecule has 1 fully saturated rings. The van der Waals surface area contributed by atoms with Crippen LogP contribution < -0.4 is 0 Å². The number of ether oxygens (including phenoxy) is 2. The third-order valence-electron chi connectivity index (χ3n) is 3.90. The highest BCUT2D eigenvalue weighted by atomic mass is 79.9. The number of rotatable bonds is 5. The second kappa shape index (κ2) is 8.28. The lowest BCUT2D eigenvalue weighted by Gasteiger charge is -2.29. The lowest BCUT2D eigenvalue weighted by molar-refractivity contribution is -0.141. The van der Waals surface area contributed by atoms with E-state index in [0.717, 1.165) is 18.2 Å². The Labute approximate surface area is 161 Å². The van der Waals surface area contributed by atoms with Crippen molar-refractivity contribution in [1.82, 2.24) is 14.8 Å². The second-order valence-corrected chi connectivity index (χ2v) is 7.92. The molecule has 0 N–H and O–H groups in total. The van der Waals surface area contributed by atoms with Crippen LogP contribution >= 0.6 is 27.7 Å². The van der Waals surface area contributed by atoms with Gasteiger partial charge in [0.05, 0.1) is 10.7 Å². The average molecular weight is 452 g/mol. The molecule has 0 amide bonds. The molecule has 2 aromatic heterocycles. The van der Waals surface area contributed by atoms with Gasteiger partial charge in [-0.3, -0.25) is 0 Å². The van der Waals surface area contributed by atoms with Crippen LogP contribution in [-0.4, -0.2) is 33.7 Å². The van der Waals surface area contributed by atoms with E-state index in [-0.39, 0.29) is 11.4 Å². The van der Waals surface area contributed by atoms with Gasteiger partial charge < -0.3 is 9.47 Å². The summed E-state index contributed by atoms with van der Waals surface area (Å²) in [7, 11) is 1.58. The van der Waals surface area contributed by atoms with E-state index in [1.165, 1.54) is 17.8 Å². The van der Waals surface area contributed by atoms with Crippen LogP contribution in [0.2, 0.25) is 0 Å². The number of thioether (sulfide) groups is 1. The van der Waals surface area contributed by atoms with Crippen molar-refractivity contribution in [3.63, 3.8) is 0 Å². The Morgan fingerprint density at radius 3 is 2.96 bits per heavy atom. The Balaban J connectivity index is 1.71. The molecule has 1 saturated heterocycles. The van der Waals surface area contributed by atoms with Crippen molar-refractivity contribution in [3.05, 3.63) is 40.3 Å². The molecule has 26 heavy (non-hydrogen) atoms. The number of hydrogen-bond donors (Lipinski definition) is 0. The number of hydrogen-bond acceptors (Lipinski definition) is 5. The normalized spacial score (nSPS) is 21.1. The largest absolute Gasteiger partial charge is 0.433 e. The first-order chi connectivity index (χ1) is 12.4. The zero-order chi connectivity index (χ0) is 18.7. The van der Waals surface area contributed by atoms with Gasteiger partial charge >= 0.3 is 6.18 Å². The van der Waals surface area contributed by atoms with Crippen molar-refractivity contribution < 1.29 is 22.6 Å². The van der Waals surface area contributed by atoms with Gasteiger partial charge in [-0.2, -0.15) is 18.3 Å². The molecule has 10 heteroatoms. The summed E-state index contributed by atoms with van der Waals surface area (Å²) in [5, 5.41) is 4.79. The summed E-state index contributed by atoms with van der Waals surface area (Å²) in [6, 6.07) is 5.85. The fraction of sp³-hybridized carbons (Fsp3) is 0.500. The maximum absolute atomic E-state index is 12.8. The number of alkyl halides is 3. The molecule has 0 saturated carbocycles. The fourth-order valence-electron chi connectivity index (χ4n) is 2.77. The van der Waals surface area contributed by atoms with Gasteiger partial charge in [0.25, 0.3) is 0 Å². The van der Waals surface area contributed by atoms with Gasteiger partial charge in [-0.15, -0.1) is 11.8 Å². The van der Waals surface area contributed by atoms with E-state index < -0.39 is 11.9 Å². The first-order valence-corrected chi connectivity index (χ1v) is 9.59. The monoisotopic (exact) mass is 451 g/mol. The van der Waals surface area contributed by atoms with Crippen molar-refractivity contribution in [2.24, 2.45) is 0 Å². The maximum atomic E-state index is 12.8. The first kappa shape index (κ1) is 19.7. The van der Waals surface area contributed by atoms with E-state index in [1.807, 2.05) is 6.07 Å². The third-order valence-corrected chi connectivity index (χ3v) is 5.52. The predicted molar refractivity (Wildman–Crippen MR) is 93.7 cm³/mol. The summed E-state index contributed by atoms with van der Waals surface area (Å²) in [4.78, 5) is 3.74. The highest BCUT2D eigenvalue weighted by Gasteiger charge is 2.33. The van der Waals surface area contributed by atoms with Crippen LogP contribution in [0.4, 0.5) is 13.2 Å². The first-order valence-electron chi connectivity index (χ1n) is 7.91. The summed E-state index contributed by atoms with van der Waals surface area (Å²) in [6.07, 6.45) is -3.22. The van der Waals surface area contributed by atoms with Crippen LogP contribution in [0.15, 0.2) is 33.9 Å². The molecule has 2 atom stereocenters. The summed E-state index contributed by atoms with van der Waals surface area (Å²) in [5.41, 5.74) is 0.00855. The van der Waals surface area contributed by atoms with Gasteiger partial charge in [0.1, 0.15) is 23.1 Å². The standard InChI is InChI=1S/C16H17BrF3N3O2S/c1-24-9-23-11(8-14(17)22-23)12-7-10(5-6-25-12)26-15-4-2-3-13(21-15)16(18,19)20/h2-4,8,10,12H,5-7,9H2,1H3. The topological polar surface area (TPSA) is 49.2 Å². The zero-order valence-electron chi connectivity index (χ0n) is 13.9. The van der Waals surface area contributed by atoms with E-state index in [9.17, 15) is 13.2 Å². The molecular weight excluding hydrogens is 435 g/mol. The minimum absolute atomic E-state index is 0.106. The average Bonchev–Trinajstić information content (AvgIpc) is 2.95. The van der Waals surface area contributed by atoms with Crippen LogP contribution in [0.3, 0.4) is 0 Å². The SMILES string of the molecule is COCn1nc(Br)cc1C1CC(Sc2cccc(C(F)(F)F)n2)CCO1. The third kappa shape index (κ3) is 4.79. The molecule has 2 unspecified atom stereocenters. The van der Waals surface area contributed by atoms with Crippen LogP contribution in [0.25, 0.3) is 0 Å². The molecule has 0 spiro atoms. The molecule has 0 radical (unpaired) electrons. The quantitative estimate of drug-likeness (QED) is 0.660. The van der Waals surface area contributed by atoms with Gasteiger partial charge in [0.2, 0.25) is 0 Å². The van der Waals surface area contributed by atoms with E-state index >= 15 is 0 Å². The molecule has 3 heterocycles. The fourth-order valence-corrected chi connectivity index (χ4v) is 4.33. The molecular formula is C16H17BrF3N3O2S. The number of nitrogens with zero attached hydrogens (tertiary/aromatic N) is 3. The van der Waals surface area contributed by atoms with Crippen LogP contribution in [0.1, 0.15) is 30.3 Å². The second-order valence-electron chi connectivity index (χ2n) is 5.79. The van der Waals surface area contributed by atoms with Gasteiger partial charge in [0.15, 0.2) is 0 Å². The molecule has 5 nitrogen and oxygen atoms in total. The lowest BCUT2D eigenvalue weighted by atomic mass is 10.1. The molecule has 0 aromatic carbocycles. The summed E-state index contributed by atoms with van der Waals surface area (Å²) in [6.45, 7) is 0.824. The Morgan fingerprint density at radius 2 is 2.23 bits per heavy atom. The molecule has 142 valence electrons. The van der Waals surface area contributed by atoms with E-state index in [1.54, 1.807) is 17.9 Å². The highest BCUT2D eigenvalue weighted by Crippen LogP contribution is 2.38. The molecule has 0 bridgehead atoms. The van der Waals surface area contributed by atoms with E-state index in [4.69, 9.17) is 9.47 Å². The molecule has 3 rings (SSSR count). The van der Waals surface area contributed by atoms with Gasteiger partial charge in [-0.1, -0.05) is 6.07 Å². The molecule has 1 aliphatic heterocycles. The Hall–Kier alpha value is -1.10. The highest BCUT2D eigenvalue weighted by molar-refractivity contribution is 9.10. The zero-order valence-corrected chi connectivity index (χ0v) is 16.3. The van der Waals surface area contributed by atoms with Crippen molar-refractivity contribution >= 4 is 27.7 Å². The number of aromatic nitrogens is 3. The smallest absolute Gasteiger partial charge is 0.372 e. The summed E-state index contributed by atoms with van der Waals surface area (Å²) >= 11 is 4.71. The Kier molecular flexibility index (Phi) is 6.26. The number of halogens is 4. The summed E-state index contributed by atoms with van der Waals surface area (Å²) in [5.74, 6) is 0. The number of methoxy groups -OCH3 is 1. The van der Waals surface area contributed by atoms with Crippen molar-refractivity contribution in [1.29, 1.82) is 0 Å². The lowest BCUT2D eigenvalue weighted by Crippen LogP contribution is -2.24. The minimum Gasteiger partial charge on any atom is -0.372 e. The Morgan fingerprint density at radius 1 is 1.42 bits per heavy atom. The van der Waals surface area contributed by atoms with Crippen molar-refractivity contribution in [2.75, 3.05) is 13.7 Å². The van der Waals surface area contributed by atoms with Gasteiger partial charge in [-0.05, 0) is 47.0 Å². The van der Waals surface area contributed by atoms with E-state index in [0.29, 0.717) is 29.4 Å². The van der Waals surface area contributed by atoms with Gasteiger partial charge in [0, 0.05) is 19.0 Å². The molecule has 2 aromatic rings. The molecule has 1 aliphatic rings. The minimum atomic E-state index is -4.44. The van der Waals surface area contributed by atoms with E-state index in [2.05, 4.69) is 26.0 Å². The Bertz CT molecular complexity index is 757. The molecule has 0 aliphatic carbocycles. The maximum Gasteiger partial charge on any atom is 0.433 e. The van der Waals surface area contributed by atoms with Crippen molar-refractivity contribution in [3.8, 4) is 0 Å².